The number of hydrogen-bond donors (Lipinski definition) is 2. The van der Waals surface area contributed by atoms with E-state index >= 15 is 0 Å². The zero-order valence-corrected chi connectivity index (χ0v) is 14.3. The van der Waals surface area contributed by atoms with Crippen molar-refractivity contribution in [3.8, 4) is 0 Å². The van der Waals surface area contributed by atoms with Crippen LogP contribution in [0, 0.1) is 6.92 Å². The SMILES string of the molecule is Cc1cc(NCc2cccc(Cl)c2Cl)c2cccc(C(=O)O)c2n1. The number of aryl methyl sites for hydroxylation is 1. The number of carbonyl (C=O) groups is 1. The second-order valence-corrected chi connectivity index (χ2v) is 6.17. The maximum absolute atomic E-state index is 11.4. The largest absolute Gasteiger partial charge is 0.478 e. The summed E-state index contributed by atoms with van der Waals surface area (Å²) in [6, 6.07) is 12.4. The third-order valence-corrected chi connectivity index (χ3v) is 4.56. The minimum atomic E-state index is -0.998. The molecule has 0 amide bonds. The number of nitrogens with one attached hydrogen (secondary N) is 1. The van der Waals surface area contributed by atoms with Gasteiger partial charge in [0.05, 0.1) is 21.1 Å². The summed E-state index contributed by atoms with van der Waals surface area (Å²) >= 11 is 12.3. The topological polar surface area (TPSA) is 62.2 Å². The molecule has 3 rings (SSSR count). The summed E-state index contributed by atoms with van der Waals surface area (Å²) in [5, 5.41) is 14.4. The molecule has 0 spiro atoms. The highest BCUT2D eigenvalue weighted by Crippen LogP contribution is 2.29. The minimum Gasteiger partial charge on any atom is -0.478 e. The van der Waals surface area contributed by atoms with Gasteiger partial charge in [-0.25, -0.2) is 4.79 Å². The number of aromatic nitrogens is 1. The van der Waals surface area contributed by atoms with E-state index in [4.69, 9.17) is 23.2 Å². The highest BCUT2D eigenvalue weighted by atomic mass is 35.5. The molecule has 0 bridgehead atoms. The van der Waals surface area contributed by atoms with Crippen LogP contribution in [0.2, 0.25) is 10.0 Å². The van der Waals surface area contributed by atoms with Crippen LogP contribution in [0.3, 0.4) is 0 Å². The van der Waals surface area contributed by atoms with E-state index < -0.39 is 5.97 Å². The van der Waals surface area contributed by atoms with E-state index in [1.807, 2.05) is 31.2 Å². The number of benzene rings is 2. The van der Waals surface area contributed by atoms with E-state index in [2.05, 4.69) is 10.3 Å². The van der Waals surface area contributed by atoms with Crippen LogP contribution >= 0.6 is 23.2 Å². The van der Waals surface area contributed by atoms with Crippen LogP contribution in [0.15, 0.2) is 42.5 Å². The van der Waals surface area contributed by atoms with Crippen LogP contribution in [0.5, 0.6) is 0 Å². The third-order valence-electron chi connectivity index (χ3n) is 3.70. The molecule has 0 unspecified atom stereocenters. The second kappa shape index (κ2) is 6.67. The number of anilines is 1. The van der Waals surface area contributed by atoms with Gasteiger partial charge in [-0.3, -0.25) is 4.98 Å². The minimum absolute atomic E-state index is 0.181. The Morgan fingerprint density at radius 1 is 1.21 bits per heavy atom. The molecule has 122 valence electrons. The van der Waals surface area contributed by atoms with Gasteiger partial charge in [0.25, 0.3) is 0 Å². The van der Waals surface area contributed by atoms with Crippen LogP contribution in [0.4, 0.5) is 5.69 Å². The molecule has 0 aliphatic rings. The van der Waals surface area contributed by atoms with Crippen LogP contribution in [0.1, 0.15) is 21.6 Å². The first-order valence-electron chi connectivity index (χ1n) is 7.28. The Bertz CT molecular complexity index is 942. The summed E-state index contributed by atoms with van der Waals surface area (Å²) in [5.41, 5.74) is 3.04. The summed E-state index contributed by atoms with van der Waals surface area (Å²) in [6.07, 6.45) is 0. The van der Waals surface area contributed by atoms with Crippen molar-refractivity contribution in [1.29, 1.82) is 0 Å². The molecule has 2 aromatic carbocycles. The van der Waals surface area contributed by atoms with Crippen LogP contribution in [-0.2, 0) is 6.54 Å². The van der Waals surface area contributed by atoms with Crippen molar-refractivity contribution < 1.29 is 9.90 Å². The first-order chi connectivity index (χ1) is 11.5. The van der Waals surface area contributed by atoms with Gasteiger partial charge in [0.2, 0.25) is 0 Å². The smallest absolute Gasteiger partial charge is 0.337 e. The average Bonchev–Trinajstić information content (AvgIpc) is 2.55. The van der Waals surface area contributed by atoms with Gasteiger partial charge >= 0.3 is 5.97 Å². The van der Waals surface area contributed by atoms with Gasteiger partial charge in [-0.2, -0.15) is 0 Å². The molecule has 6 heteroatoms. The van der Waals surface area contributed by atoms with Crippen molar-refractivity contribution in [2.75, 3.05) is 5.32 Å². The quantitative estimate of drug-likeness (QED) is 0.674. The van der Waals surface area contributed by atoms with E-state index in [0.29, 0.717) is 22.1 Å². The molecule has 2 N–H and O–H groups in total. The summed E-state index contributed by atoms with van der Waals surface area (Å²) in [5.74, 6) is -0.998. The van der Waals surface area contributed by atoms with Gasteiger partial charge in [-0.15, -0.1) is 0 Å². The van der Waals surface area contributed by atoms with E-state index in [1.54, 1.807) is 18.2 Å². The Morgan fingerprint density at radius 3 is 2.71 bits per heavy atom. The highest BCUT2D eigenvalue weighted by Gasteiger charge is 2.13. The Balaban J connectivity index is 2.02. The summed E-state index contributed by atoms with van der Waals surface area (Å²) in [6.45, 7) is 2.30. The molecule has 0 aliphatic carbocycles. The van der Waals surface area contributed by atoms with Crippen molar-refractivity contribution >= 4 is 45.8 Å². The van der Waals surface area contributed by atoms with Gasteiger partial charge in [0.15, 0.2) is 0 Å². The number of fused-ring (bicyclic) bond motifs is 1. The fraction of sp³-hybridized carbons (Fsp3) is 0.111. The van der Waals surface area contributed by atoms with Gasteiger partial charge in [-0.1, -0.05) is 47.5 Å². The number of halogens is 2. The Morgan fingerprint density at radius 2 is 1.96 bits per heavy atom. The molecule has 4 nitrogen and oxygen atoms in total. The molecular formula is C18H14Cl2N2O2. The molecule has 0 fully saturated rings. The Kier molecular flexibility index (Phi) is 4.60. The number of hydrogen-bond acceptors (Lipinski definition) is 3. The molecule has 24 heavy (non-hydrogen) atoms. The van der Waals surface area contributed by atoms with E-state index in [9.17, 15) is 9.90 Å². The van der Waals surface area contributed by atoms with Crippen LogP contribution in [-0.4, -0.2) is 16.1 Å². The zero-order valence-electron chi connectivity index (χ0n) is 12.8. The second-order valence-electron chi connectivity index (χ2n) is 5.38. The van der Waals surface area contributed by atoms with Gasteiger partial charge < -0.3 is 10.4 Å². The normalized spacial score (nSPS) is 10.8. The van der Waals surface area contributed by atoms with Crippen LogP contribution in [0.25, 0.3) is 10.9 Å². The Labute approximate surface area is 149 Å². The monoisotopic (exact) mass is 360 g/mol. The fourth-order valence-corrected chi connectivity index (χ4v) is 2.96. The number of pyridine rings is 1. The predicted molar refractivity (Wildman–Crippen MR) is 97.2 cm³/mol. The van der Waals surface area contributed by atoms with Gasteiger partial charge in [-0.05, 0) is 30.7 Å². The van der Waals surface area contributed by atoms with Gasteiger partial charge in [0, 0.05) is 23.3 Å². The first kappa shape index (κ1) is 16.6. The van der Waals surface area contributed by atoms with Crippen molar-refractivity contribution in [2.45, 2.75) is 13.5 Å². The number of rotatable bonds is 4. The predicted octanol–water partition coefficient (Wildman–Crippen LogP) is 5.16. The summed E-state index contributed by atoms with van der Waals surface area (Å²) < 4.78 is 0. The molecule has 0 saturated heterocycles. The first-order valence-corrected chi connectivity index (χ1v) is 8.03. The summed E-state index contributed by atoms with van der Waals surface area (Å²) in [7, 11) is 0. The van der Waals surface area contributed by atoms with Crippen LogP contribution < -0.4 is 5.32 Å². The van der Waals surface area contributed by atoms with Gasteiger partial charge in [0.1, 0.15) is 0 Å². The number of carboxylic acid groups (broad SMARTS) is 1. The number of para-hydroxylation sites is 1. The lowest BCUT2D eigenvalue weighted by Gasteiger charge is -2.13. The maximum Gasteiger partial charge on any atom is 0.337 e. The van der Waals surface area contributed by atoms with E-state index in [-0.39, 0.29) is 5.56 Å². The molecule has 3 aromatic rings. The molecule has 0 aliphatic heterocycles. The molecule has 0 saturated carbocycles. The number of nitrogens with zero attached hydrogens (tertiary/aromatic N) is 1. The molecular weight excluding hydrogens is 347 g/mol. The van der Waals surface area contributed by atoms with Crippen molar-refractivity contribution in [3.63, 3.8) is 0 Å². The fourth-order valence-electron chi connectivity index (χ4n) is 2.57. The number of carboxylic acids is 1. The van der Waals surface area contributed by atoms with Crippen molar-refractivity contribution in [1.82, 2.24) is 4.98 Å². The lowest BCUT2D eigenvalue weighted by molar-refractivity contribution is 0.0699. The maximum atomic E-state index is 11.4. The lowest BCUT2D eigenvalue weighted by Crippen LogP contribution is -2.04. The highest BCUT2D eigenvalue weighted by molar-refractivity contribution is 6.42. The zero-order chi connectivity index (χ0) is 17.3. The summed E-state index contributed by atoms with van der Waals surface area (Å²) in [4.78, 5) is 15.8. The van der Waals surface area contributed by atoms with E-state index in [1.165, 1.54) is 0 Å². The number of aromatic carboxylic acids is 1. The van der Waals surface area contributed by atoms with E-state index in [0.717, 1.165) is 22.3 Å². The standard InChI is InChI=1S/C18H14Cl2N2O2/c1-10-8-15(21-9-11-4-2-7-14(19)16(11)20)12-5-3-6-13(18(23)24)17(12)22-10/h2-8H,9H2,1H3,(H,21,22)(H,23,24). The third kappa shape index (κ3) is 3.16. The average molecular weight is 361 g/mol. The molecule has 0 atom stereocenters. The van der Waals surface area contributed by atoms with Crippen molar-refractivity contribution in [2.24, 2.45) is 0 Å². The molecule has 0 radical (unpaired) electrons. The lowest BCUT2D eigenvalue weighted by atomic mass is 10.1. The molecule has 1 aromatic heterocycles. The Hall–Kier alpha value is -2.30. The van der Waals surface area contributed by atoms with Crippen molar-refractivity contribution in [3.05, 3.63) is 69.3 Å². The molecule has 1 heterocycles.